The molecule has 1 aliphatic heterocycles. The van der Waals surface area contributed by atoms with Gasteiger partial charge in [-0.05, 0) is 26.8 Å². The quantitative estimate of drug-likeness (QED) is 0.691. The second-order valence-electron chi connectivity index (χ2n) is 6.93. The summed E-state index contributed by atoms with van der Waals surface area (Å²) in [6.45, 7) is 9.78. The Morgan fingerprint density at radius 1 is 1.19 bits per heavy atom. The van der Waals surface area contributed by atoms with Crippen LogP contribution in [0.1, 0.15) is 33.2 Å². The zero-order valence-corrected chi connectivity index (χ0v) is 16.6. The highest BCUT2D eigenvalue weighted by Crippen LogP contribution is 2.23. The lowest BCUT2D eigenvalue weighted by Gasteiger charge is -2.34. The fourth-order valence-corrected chi connectivity index (χ4v) is 4.35. The standard InChI is InChI=1S/C19H23N5O2S/c1-13-10-17(15(3)24(13)19-20-4-9-27-19)18(25)23-7-5-22(6-8-23)12-16-11-14(2)26-21-16/h4,9-11H,5-8,12H2,1-3H3. The predicted octanol–water partition coefficient (Wildman–Crippen LogP) is 2.81. The van der Waals surface area contributed by atoms with Gasteiger partial charge in [0.2, 0.25) is 0 Å². The highest BCUT2D eigenvalue weighted by atomic mass is 32.1. The van der Waals surface area contributed by atoms with E-state index in [1.54, 1.807) is 17.5 Å². The smallest absolute Gasteiger partial charge is 0.255 e. The number of piperazine rings is 1. The van der Waals surface area contributed by atoms with Gasteiger partial charge in [-0.3, -0.25) is 14.3 Å². The van der Waals surface area contributed by atoms with Crippen LogP contribution in [0.3, 0.4) is 0 Å². The first kappa shape index (κ1) is 17.9. The van der Waals surface area contributed by atoms with E-state index >= 15 is 0 Å². The Bertz CT molecular complexity index is 936. The minimum atomic E-state index is 0.0998. The molecule has 0 atom stereocenters. The number of amides is 1. The summed E-state index contributed by atoms with van der Waals surface area (Å²) in [5.74, 6) is 0.928. The van der Waals surface area contributed by atoms with Gasteiger partial charge >= 0.3 is 0 Å². The summed E-state index contributed by atoms with van der Waals surface area (Å²) >= 11 is 1.57. The lowest BCUT2D eigenvalue weighted by molar-refractivity contribution is 0.0625. The summed E-state index contributed by atoms with van der Waals surface area (Å²) in [7, 11) is 0. The number of aryl methyl sites for hydroxylation is 2. The van der Waals surface area contributed by atoms with Crippen LogP contribution in [0.2, 0.25) is 0 Å². The van der Waals surface area contributed by atoms with Crippen LogP contribution in [0.25, 0.3) is 5.13 Å². The van der Waals surface area contributed by atoms with Crippen molar-refractivity contribution < 1.29 is 9.32 Å². The van der Waals surface area contributed by atoms with Crippen molar-refractivity contribution in [2.24, 2.45) is 0 Å². The molecule has 4 heterocycles. The molecule has 1 saturated heterocycles. The van der Waals surface area contributed by atoms with Crippen molar-refractivity contribution in [2.45, 2.75) is 27.3 Å². The van der Waals surface area contributed by atoms with Crippen LogP contribution in [0.5, 0.6) is 0 Å². The summed E-state index contributed by atoms with van der Waals surface area (Å²) in [6, 6.07) is 3.94. The third kappa shape index (κ3) is 3.54. The van der Waals surface area contributed by atoms with Crippen molar-refractivity contribution in [1.29, 1.82) is 0 Å². The van der Waals surface area contributed by atoms with Gasteiger partial charge in [-0.2, -0.15) is 0 Å². The van der Waals surface area contributed by atoms with Crippen molar-refractivity contribution in [1.82, 2.24) is 24.5 Å². The minimum Gasteiger partial charge on any atom is -0.361 e. The molecule has 0 saturated carbocycles. The number of aromatic nitrogens is 3. The Hall–Kier alpha value is -2.45. The van der Waals surface area contributed by atoms with Gasteiger partial charge in [0.25, 0.3) is 5.91 Å². The molecule has 3 aromatic heterocycles. The Morgan fingerprint density at radius 2 is 1.96 bits per heavy atom. The van der Waals surface area contributed by atoms with Crippen LogP contribution in [0.15, 0.2) is 28.2 Å². The number of hydrogen-bond acceptors (Lipinski definition) is 6. The SMILES string of the molecule is Cc1cc(CN2CCN(C(=O)c3cc(C)n(-c4nccs4)c3C)CC2)no1. The molecule has 1 amide bonds. The maximum Gasteiger partial charge on any atom is 0.255 e. The molecule has 4 rings (SSSR count). The van der Waals surface area contributed by atoms with Gasteiger partial charge in [0.15, 0.2) is 5.13 Å². The first-order chi connectivity index (χ1) is 13.0. The van der Waals surface area contributed by atoms with Gasteiger partial charge in [0, 0.05) is 61.8 Å². The van der Waals surface area contributed by atoms with Gasteiger partial charge in [0.05, 0.1) is 11.3 Å². The Morgan fingerprint density at radius 3 is 2.59 bits per heavy atom. The van der Waals surface area contributed by atoms with E-state index in [1.807, 2.05) is 43.2 Å². The van der Waals surface area contributed by atoms with Crippen LogP contribution in [0.4, 0.5) is 0 Å². The molecule has 7 nitrogen and oxygen atoms in total. The zero-order chi connectivity index (χ0) is 19.0. The monoisotopic (exact) mass is 385 g/mol. The Kier molecular flexibility index (Phi) is 4.84. The molecular formula is C19H23N5O2S. The molecule has 0 aromatic carbocycles. The van der Waals surface area contributed by atoms with Crippen LogP contribution < -0.4 is 0 Å². The van der Waals surface area contributed by atoms with E-state index < -0.39 is 0 Å². The second-order valence-corrected chi connectivity index (χ2v) is 7.81. The molecule has 0 aliphatic carbocycles. The molecule has 1 aliphatic rings. The third-order valence-electron chi connectivity index (χ3n) is 4.99. The topological polar surface area (TPSA) is 67.4 Å². The van der Waals surface area contributed by atoms with Crippen molar-refractivity contribution in [3.63, 3.8) is 0 Å². The first-order valence-corrected chi connectivity index (χ1v) is 9.93. The van der Waals surface area contributed by atoms with Crippen LogP contribution in [-0.2, 0) is 6.54 Å². The molecule has 27 heavy (non-hydrogen) atoms. The van der Waals surface area contributed by atoms with Crippen molar-refractivity contribution >= 4 is 17.2 Å². The molecule has 0 bridgehead atoms. The van der Waals surface area contributed by atoms with Crippen molar-refractivity contribution in [3.8, 4) is 5.13 Å². The molecule has 0 radical (unpaired) electrons. The molecule has 1 fully saturated rings. The van der Waals surface area contributed by atoms with E-state index in [1.165, 1.54) is 0 Å². The highest BCUT2D eigenvalue weighted by Gasteiger charge is 2.26. The fourth-order valence-electron chi connectivity index (χ4n) is 3.60. The fraction of sp³-hybridized carbons (Fsp3) is 0.421. The Balaban J connectivity index is 1.43. The lowest BCUT2D eigenvalue weighted by Crippen LogP contribution is -2.48. The molecule has 142 valence electrons. The number of thiazole rings is 1. The number of nitrogens with zero attached hydrogens (tertiary/aromatic N) is 5. The minimum absolute atomic E-state index is 0.0998. The van der Waals surface area contributed by atoms with Gasteiger partial charge in [-0.1, -0.05) is 5.16 Å². The molecule has 3 aromatic rings. The molecule has 0 N–H and O–H groups in total. The zero-order valence-electron chi connectivity index (χ0n) is 15.8. The summed E-state index contributed by atoms with van der Waals surface area (Å²) in [6.07, 6.45) is 1.79. The predicted molar refractivity (Wildman–Crippen MR) is 103 cm³/mol. The summed E-state index contributed by atoms with van der Waals surface area (Å²) in [5, 5.41) is 6.90. The number of carbonyl (C=O) groups excluding carboxylic acids is 1. The van der Waals surface area contributed by atoms with Crippen LogP contribution >= 0.6 is 11.3 Å². The maximum absolute atomic E-state index is 13.1. The van der Waals surface area contributed by atoms with Crippen molar-refractivity contribution in [3.05, 3.63) is 52.1 Å². The molecular weight excluding hydrogens is 362 g/mol. The Labute approximate surface area is 162 Å². The third-order valence-corrected chi connectivity index (χ3v) is 5.75. The van der Waals surface area contributed by atoms with E-state index in [0.29, 0.717) is 0 Å². The van der Waals surface area contributed by atoms with Crippen LogP contribution in [0, 0.1) is 20.8 Å². The van der Waals surface area contributed by atoms with Crippen molar-refractivity contribution in [2.75, 3.05) is 26.2 Å². The molecule has 0 unspecified atom stereocenters. The van der Waals surface area contributed by atoms with E-state index in [9.17, 15) is 4.79 Å². The lowest BCUT2D eigenvalue weighted by atomic mass is 10.2. The largest absolute Gasteiger partial charge is 0.361 e. The average molecular weight is 385 g/mol. The second kappa shape index (κ2) is 7.28. The molecule has 0 spiro atoms. The number of hydrogen-bond donors (Lipinski definition) is 0. The van der Waals surface area contributed by atoms with Crippen LogP contribution in [-0.4, -0.2) is 56.6 Å². The first-order valence-electron chi connectivity index (χ1n) is 9.05. The van der Waals surface area contributed by atoms with E-state index in [-0.39, 0.29) is 5.91 Å². The normalized spacial score (nSPS) is 15.4. The summed E-state index contributed by atoms with van der Waals surface area (Å²) in [4.78, 5) is 21.7. The maximum atomic E-state index is 13.1. The van der Waals surface area contributed by atoms with E-state index in [4.69, 9.17) is 4.52 Å². The van der Waals surface area contributed by atoms with Gasteiger partial charge in [-0.25, -0.2) is 4.98 Å². The number of carbonyl (C=O) groups is 1. The van der Waals surface area contributed by atoms with Gasteiger partial charge in [0.1, 0.15) is 5.76 Å². The van der Waals surface area contributed by atoms with Gasteiger partial charge in [-0.15, -0.1) is 11.3 Å². The average Bonchev–Trinajstić information content (AvgIpc) is 3.37. The summed E-state index contributed by atoms with van der Waals surface area (Å²) in [5.41, 5.74) is 3.70. The van der Waals surface area contributed by atoms with E-state index in [0.717, 1.165) is 66.3 Å². The molecule has 8 heteroatoms. The van der Waals surface area contributed by atoms with E-state index in [2.05, 4.69) is 19.6 Å². The summed E-state index contributed by atoms with van der Waals surface area (Å²) < 4.78 is 7.19. The van der Waals surface area contributed by atoms with Gasteiger partial charge < -0.3 is 9.42 Å². The number of rotatable bonds is 4. The highest BCUT2D eigenvalue weighted by molar-refractivity contribution is 7.12.